The maximum atomic E-state index is 13.7. The molecule has 0 radical (unpaired) electrons. The first-order valence-electron chi connectivity index (χ1n) is 16.0. The van der Waals surface area contributed by atoms with Crippen molar-refractivity contribution in [3.8, 4) is 0 Å². The van der Waals surface area contributed by atoms with E-state index in [0.717, 1.165) is 76.7 Å². The highest BCUT2D eigenvalue weighted by Gasteiger charge is 2.72. The van der Waals surface area contributed by atoms with Crippen LogP contribution in [0.4, 0.5) is 22.4 Å². The van der Waals surface area contributed by atoms with Gasteiger partial charge in [0, 0.05) is 51.1 Å². The molecule has 6 aliphatic rings. The molecule has 2 saturated carbocycles. The number of hydrogen-bond donors (Lipinski definition) is 1. The lowest BCUT2D eigenvalue weighted by molar-refractivity contribution is 0.00112. The summed E-state index contributed by atoms with van der Waals surface area (Å²) in [5.41, 5.74) is -0.410. The molecule has 4 aliphatic heterocycles. The fraction of sp³-hybridized carbons (Fsp3) is 0.781. The van der Waals surface area contributed by atoms with Crippen molar-refractivity contribution in [2.75, 3.05) is 52.4 Å². The molecule has 6 nitrogen and oxygen atoms in total. The first-order chi connectivity index (χ1) is 20.1. The van der Waals surface area contributed by atoms with Crippen LogP contribution in [0.2, 0.25) is 0 Å². The van der Waals surface area contributed by atoms with Crippen LogP contribution in [0.25, 0.3) is 0 Å². The molecule has 2 atom stereocenters. The van der Waals surface area contributed by atoms with Gasteiger partial charge in [-0.25, -0.2) is 22.4 Å². The Labute approximate surface area is 271 Å². The van der Waals surface area contributed by atoms with Crippen LogP contribution < -0.4 is 5.32 Å². The molecular formula is C32H48Cl2F4N4O2. The molecule has 0 unspecified atom stereocenters. The Hall–Kier alpha value is -1.33. The first-order valence-corrected chi connectivity index (χ1v) is 16.0. The second-order valence-electron chi connectivity index (χ2n) is 13.7. The van der Waals surface area contributed by atoms with Gasteiger partial charge in [0.2, 0.25) is 0 Å². The topological polar surface area (TPSA) is 48.1 Å². The molecule has 4 saturated heterocycles. The predicted octanol–water partition coefficient (Wildman–Crippen LogP) is 6.61. The molecule has 2 spiro atoms. The lowest BCUT2D eigenvalue weighted by Gasteiger charge is -2.42. The molecule has 1 aromatic rings. The number of nitrogens with one attached hydrogen (secondary N) is 1. The number of rotatable bonds is 4. The summed E-state index contributed by atoms with van der Waals surface area (Å²) in [6, 6.07) is 10.5. The quantitative estimate of drug-likeness (QED) is 0.367. The minimum Gasteiger partial charge on any atom is -0.445 e. The zero-order valence-electron chi connectivity index (χ0n) is 25.5. The van der Waals surface area contributed by atoms with Gasteiger partial charge >= 0.3 is 6.09 Å². The Morgan fingerprint density at radius 3 is 1.73 bits per heavy atom. The van der Waals surface area contributed by atoms with Gasteiger partial charge in [0.1, 0.15) is 6.61 Å². The molecule has 7 rings (SSSR count). The molecule has 1 N–H and O–H groups in total. The highest BCUT2D eigenvalue weighted by Crippen LogP contribution is 2.65. The van der Waals surface area contributed by atoms with Crippen molar-refractivity contribution in [3.05, 3.63) is 35.9 Å². The Kier molecular flexibility index (Phi) is 11.5. The average molecular weight is 668 g/mol. The minimum atomic E-state index is -2.46. The van der Waals surface area contributed by atoms with Crippen LogP contribution in [0, 0.1) is 10.8 Å². The van der Waals surface area contributed by atoms with E-state index >= 15 is 0 Å². The standard InChI is InChI=1S/C20H26F2N2O2.C12H20F2N2.2ClH/c21-20(22)14-19(20)9-4-10-24(15-19)17-7-11-23(12-8-17)18(25)26-13-16-5-2-1-3-6-16;13-12(14)8-11(12)4-1-7-16(9-11)10-2-5-15-6-3-10;;/h1-3,5-6,17H,4,7-15H2;10,15H,1-9H2;2*1H/t19-;11-;;/m11../s1. The van der Waals surface area contributed by atoms with Crippen LogP contribution in [0.1, 0.15) is 69.8 Å². The molecule has 44 heavy (non-hydrogen) atoms. The maximum Gasteiger partial charge on any atom is 0.410 e. The fourth-order valence-electron chi connectivity index (χ4n) is 8.00. The van der Waals surface area contributed by atoms with Gasteiger partial charge in [-0.05, 0) is 83.1 Å². The highest BCUT2D eigenvalue weighted by atomic mass is 35.5. The van der Waals surface area contributed by atoms with Crippen LogP contribution in [0.5, 0.6) is 0 Å². The number of carbonyl (C=O) groups excluding carboxylic acids is 1. The number of alkyl halides is 4. The summed E-state index contributed by atoms with van der Waals surface area (Å²) in [7, 11) is 0. The second kappa shape index (κ2) is 14.2. The number of benzene rings is 1. The van der Waals surface area contributed by atoms with Crippen LogP contribution in [0.15, 0.2) is 30.3 Å². The number of piperidine rings is 4. The van der Waals surface area contributed by atoms with Crippen molar-refractivity contribution in [1.82, 2.24) is 20.0 Å². The summed E-state index contributed by atoms with van der Waals surface area (Å²) in [6.07, 6.45) is 7.05. The zero-order chi connectivity index (χ0) is 29.4. The largest absolute Gasteiger partial charge is 0.445 e. The number of amides is 1. The molecule has 0 bridgehead atoms. The van der Waals surface area contributed by atoms with Gasteiger partial charge in [0.15, 0.2) is 0 Å². The van der Waals surface area contributed by atoms with E-state index in [4.69, 9.17) is 4.74 Å². The number of halogens is 6. The van der Waals surface area contributed by atoms with Gasteiger partial charge in [-0.15, -0.1) is 24.8 Å². The van der Waals surface area contributed by atoms with E-state index in [1.807, 2.05) is 30.3 Å². The summed E-state index contributed by atoms with van der Waals surface area (Å²) >= 11 is 0. The Balaban J connectivity index is 0.000000212. The first kappa shape index (κ1) is 35.5. The average Bonchev–Trinajstić information content (AvgIpc) is 3.76. The van der Waals surface area contributed by atoms with Gasteiger partial charge in [-0.2, -0.15) is 0 Å². The van der Waals surface area contributed by atoms with Crippen molar-refractivity contribution in [3.63, 3.8) is 0 Å². The van der Waals surface area contributed by atoms with Gasteiger partial charge in [0.25, 0.3) is 11.8 Å². The lowest BCUT2D eigenvalue weighted by atomic mass is 9.91. The van der Waals surface area contributed by atoms with E-state index in [1.165, 1.54) is 0 Å². The van der Waals surface area contributed by atoms with E-state index < -0.39 is 22.7 Å². The van der Waals surface area contributed by atoms with Crippen LogP contribution >= 0.6 is 24.8 Å². The second-order valence-corrected chi connectivity index (χ2v) is 13.7. The van der Waals surface area contributed by atoms with E-state index in [1.54, 1.807) is 4.90 Å². The van der Waals surface area contributed by atoms with Crippen LogP contribution in [-0.2, 0) is 11.3 Å². The van der Waals surface area contributed by atoms with Gasteiger partial charge in [-0.1, -0.05) is 30.3 Å². The third-order valence-corrected chi connectivity index (χ3v) is 10.9. The molecular weight excluding hydrogens is 619 g/mol. The Bertz CT molecular complexity index is 1090. The minimum absolute atomic E-state index is 0. The molecule has 12 heteroatoms. The fourth-order valence-corrected chi connectivity index (χ4v) is 8.00. The number of nitrogens with zero attached hydrogens (tertiary/aromatic N) is 3. The zero-order valence-corrected chi connectivity index (χ0v) is 27.1. The van der Waals surface area contributed by atoms with Crippen molar-refractivity contribution in [2.45, 2.75) is 94.7 Å². The van der Waals surface area contributed by atoms with Gasteiger partial charge in [-0.3, -0.25) is 9.80 Å². The van der Waals surface area contributed by atoms with Crippen molar-refractivity contribution < 1.29 is 27.1 Å². The maximum absolute atomic E-state index is 13.7. The van der Waals surface area contributed by atoms with Crippen LogP contribution in [-0.4, -0.2) is 97.1 Å². The Morgan fingerprint density at radius 2 is 1.25 bits per heavy atom. The molecule has 1 aromatic carbocycles. The summed E-state index contributed by atoms with van der Waals surface area (Å²) in [6.45, 7) is 6.74. The number of carbonyl (C=O) groups is 1. The van der Waals surface area contributed by atoms with Crippen LogP contribution in [0.3, 0.4) is 0 Å². The Morgan fingerprint density at radius 1 is 0.773 bits per heavy atom. The van der Waals surface area contributed by atoms with Gasteiger partial charge in [0.05, 0.1) is 10.8 Å². The number of hydrogen-bond acceptors (Lipinski definition) is 5. The third-order valence-electron chi connectivity index (χ3n) is 10.9. The van der Waals surface area contributed by atoms with Crippen molar-refractivity contribution >= 4 is 30.9 Å². The summed E-state index contributed by atoms with van der Waals surface area (Å²) in [4.78, 5) is 18.6. The van der Waals surface area contributed by atoms with E-state index in [9.17, 15) is 22.4 Å². The smallest absolute Gasteiger partial charge is 0.410 e. The summed E-state index contributed by atoms with van der Waals surface area (Å²) < 4.78 is 59.6. The summed E-state index contributed by atoms with van der Waals surface area (Å²) in [5.74, 6) is -4.83. The predicted molar refractivity (Wildman–Crippen MR) is 167 cm³/mol. The lowest BCUT2D eigenvalue weighted by Crippen LogP contribution is -2.50. The summed E-state index contributed by atoms with van der Waals surface area (Å²) in [5, 5.41) is 3.33. The van der Waals surface area contributed by atoms with Gasteiger partial charge < -0.3 is 15.0 Å². The molecule has 250 valence electrons. The number of ether oxygens (including phenoxy) is 1. The van der Waals surface area contributed by atoms with Crippen molar-refractivity contribution in [1.29, 1.82) is 0 Å². The molecule has 2 aliphatic carbocycles. The van der Waals surface area contributed by atoms with E-state index in [2.05, 4.69) is 15.1 Å². The molecule has 0 aromatic heterocycles. The highest BCUT2D eigenvalue weighted by molar-refractivity contribution is 5.85. The molecule has 1 amide bonds. The SMILES string of the molecule is Cl.Cl.FC1(F)C[C@@]12CCCN(C1CCNCC1)C2.O=C(OCc1ccccc1)N1CCC(N2CCC[C@]3(C2)CC3(F)F)CC1. The van der Waals surface area contributed by atoms with Crippen molar-refractivity contribution in [2.24, 2.45) is 10.8 Å². The third kappa shape index (κ3) is 7.62. The monoisotopic (exact) mass is 666 g/mol. The normalized spacial score (nSPS) is 31.7. The number of likely N-dealkylation sites (tertiary alicyclic amines) is 3. The molecule has 4 heterocycles. The molecule has 6 fully saturated rings. The van der Waals surface area contributed by atoms with E-state index in [-0.39, 0.29) is 50.4 Å². The van der Waals surface area contributed by atoms with E-state index in [0.29, 0.717) is 44.7 Å².